The first-order valence-corrected chi connectivity index (χ1v) is 6.54. The lowest BCUT2D eigenvalue weighted by molar-refractivity contribution is 0.452. The molecule has 0 saturated carbocycles. The van der Waals surface area contributed by atoms with E-state index in [9.17, 15) is 0 Å². The van der Waals surface area contributed by atoms with Gasteiger partial charge >= 0.3 is 0 Å². The van der Waals surface area contributed by atoms with E-state index in [2.05, 4.69) is 53.3 Å². The van der Waals surface area contributed by atoms with E-state index >= 15 is 0 Å². The van der Waals surface area contributed by atoms with Gasteiger partial charge in [0.15, 0.2) is 0 Å². The van der Waals surface area contributed by atoms with Crippen molar-refractivity contribution < 1.29 is 4.42 Å². The monoisotopic (exact) mass is 293 g/mol. The number of benzene rings is 1. The van der Waals surface area contributed by atoms with Crippen molar-refractivity contribution in [1.29, 1.82) is 0 Å². The van der Waals surface area contributed by atoms with Crippen LogP contribution >= 0.6 is 15.9 Å². The maximum absolute atomic E-state index is 5.50. The van der Waals surface area contributed by atoms with E-state index in [4.69, 9.17) is 4.42 Å². The van der Waals surface area contributed by atoms with E-state index in [1.165, 1.54) is 11.1 Å². The summed E-state index contributed by atoms with van der Waals surface area (Å²) in [6.07, 6.45) is 1.71. The maximum atomic E-state index is 5.50. The molecule has 0 aliphatic heterocycles. The van der Waals surface area contributed by atoms with Gasteiger partial charge in [-0.2, -0.15) is 0 Å². The Hall–Kier alpha value is -1.06. The number of hydrogen-bond acceptors (Lipinski definition) is 2. The van der Waals surface area contributed by atoms with Crippen LogP contribution in [-0.4, -0.2) is 6.54 Å². The largest absolute Gasteiger partial charge is 0.467 e. The number of rotatable bonds is 4. The second-order valence-electron chi connectivity index (χ2n) is 4.07. The van der Waals surface area contributed by atoms with Crippen molar-refractivity contribution in [2.75, 3.05) is 6.54 Å². The van der Waals surface area contributed by atoms with Crippen LogP contribution in [0.5, 0.6) is 0 Å². The molecule has 0 aliphatic rings. The predicted octanol–water partition coefficient (Wildman–Crippen LogP) is 4.05. The number of hydrogen-bond donors (Lipinski definition) is 1. The minimum Gasteiger partial charge on any atom is -0.467 e. The van der Waals surface area contributed by atoms with Crippen molar-refractivity contribution in [2.45, 2.75) is 19.9 Å². The van der Waals surface area contributed by atoms with Gasteiger partial charge < -0.3 is 9.73 Å². The summed E-state index contributed by atoms with van der Waals surface area (Å²) in [7, 11) is 0. The highest BCUT2D eigenvalue weighted by atomic mass is 79.9. The van der Waals surface area contributed by atoms with Crippen LogP contribution in [-0.2, 0) is 0 Å². The first-order valence-electron chi connectivity index (χ1n) is 5.74. The van der Waals surface area contributed by atoms with E-state index in [1.807, 2.05) is 12.1 Å². The zero-order valence-corrected chi connectivity index (χ0v) is 11.6. The third kappa shape index (κ3) is 2.99. The van der Waals surface area contributed by atoms with Gasteiger partial charge in [0.2, 0.25) is 0 Å². The molecule has 1 aromatic carbocycles. The molecule has 1 atom stereocenters. The molecule has 0 aliphatic carbocycles. The topological polar surface area (TPSA) is 25.2 Å². The maximum Gasteiger partial charge on any atom is 0.125 e. The molecule has 1 unspecified atom stereocenters. The highest BCUT2D eigenvalue weighted by Gasteiger charge is 2.16. The average Bonchev–Trinajstić information content (AvgIpc) is 2.77. The summed E-state index contributed by atoms with van der Waals surface area (Å²) < 4.78 is 6.60. The van der Waals surface area contributed by atoms with Gasteiger partial charge in [0.25, 0.3) is 0 Å². The van der Waals surface area contributed by atoms with E-state index in [-0.39, 0.29) is 6.04 Å². The third-order valence-corrected chi connectivity index (χ3v) is 3.09. The SMILES string of the molecule is CCNC(c1cc(C)cc(Br)c1)c1ccco1. The van der Waals surface area contributed by atoms with Gasteiger partial charge in [0.1, 0.15) is 5.76 Å². The molecule has 90 valence electrons. The molecule has 0 spiro atoms. The summed E-state index contributed by atoms with van der Waals surface area (Å²) in [4.78, 5) is 0. The summed E-state index contributed by atoms with van der Waals surface area (Å²) in [6.45, 7) is 5.09. The molecular formula is C14H16BrNO. The summed E-state index contributed by atoms with van der Waals surface area (Å²) in [5, 5.41) is 3.44. The fourth-order valence-corrected chi connectivity index (χ4v) is 2.60. The Morgan fingerprint density at radius 1 is 1.35 bits per heavy atom. The number of halogens is 1. The fourth-order valence-electron chi connectivity index (χ4n) is 1.97. The zero-order valence-electron chi connectivity index (χ0n) is 10.0. The van der Waals surface area contributed by atoms with Crippen LogP contribution in [0, 0.1) is 6.92 Å². The Morgan fingerprint density at radius 3 is 2.76 bits per heavy atom. The average molecular weight is 294 g/mol. The fraction of sp³-hybridized carbons (Fsp3) is 0.286. The van der Waals surface area contributed by atoms with Gasteiger partial charge in [-0.1, -0.05) is 28.9 Å². The first kappa shape index (κ1) is 12.4. The van der Waals surface area contributed by atoms with Gasteiger partial charge in [0, 0.05) is 4.47 Å². The summed E-state index contributed by atoms with van der Waals surface area (Å²) in [5.41, 5.74) is 2.46. The lowest BCUT2D eigenvalue weighted by atomic mass is 10.0. The molecule has 2 nitrogen and oxygen atoms in total. The standard InChI is InChI=1S/C14H16BrNO/c1-3-16-14(13-5-4-6-17-13)11-7-10(2)8-12(15)9-11/h4-9,14,16H,3H2,1-2H3. The molecule has 17 heavy (non-hydrogen) atoms. The Kier molecular flexibility index (Phi) is 4.02. The molecule has 2 aromatic rings. The van der Waals surface area contributed by atoms with Crippen LogP contribution in [0.15, 0.2) is 45.5 Å². The van der Waals surface area contributed by atoms with Crippen LogP contribution in [0.1, 0.15) is 29.9 Å². The summed E-state index contributed by atoms with van der Waals surface area (Å²) >= 11 is 3.54. The van der Waals surface area contributed by atoms with Crippen LogP contribution in [0.2, 0.25) is 0 Å². The van der Waals surface area contributed by atoms with E-state index in [0.29, 0.717) is 0 Å². The molecule has 2 rings (SSSR count). The Bertz CT molecular complexity index is 459. The molecular weight excluding hydrogens is 278 g/mol. The van der Waals surface area contributed by atoms with Crippen LogP contribution in [0.25, 0.3) is 0 Å². The Labute approximate surface area is 110 Å². The summed E-state index contributed by atoms with van der Waals surface area (Å²) in [6, 6.07) is 10.5. The van der Waals surface area contributed by atoms with Crippen molar-refractivity contribution in [2.24, 2.45) is 0 Å². The molecule has 1 N–H and O–H groups in total. The molecule has 0 saturated heterocycles. The van der Waals surface area contributed by atoms with Crippen molar-refractivity contribution in [3.05, 3.63) is 58.0 Å². The van der Waals surface area contributed by atoms with Gasteiger partial charge in [-0.05, 0) is 48.9 Å². The van der Waals surface area contributed by atoms with Crippen LogP contribution < -0.4 is 5.32 Å². The Balaban J connectivity index is 2.38. The van der Waals surface area contributed by atoms with Crippen molar-refractivity contribution in [1.82, 2.24) is 5.32 Å². The van der Waals surface area contributed by atoms with Gasteiger partial charge in [-0.25, -0.2) is 0 Å². The van der Waals surface area contributed by atoms with Gasteiger partial charge in [0.05, 0.1) is 12.3 Å². The minimum atomic E-state index is 0.117. The lowest BCUT2D eigenvalue weighted by Crippen LogP contribution is -2.21. The highest BCUT2D eigenvalue weighted by molar-refractivity contribution is 9.10. The van der Waals surface area contributed by atoms with Gasteiger partial charge in [-0.3, -0.25) is 0 Å². The van der Waals surface area contributed by atoms with E-state index in [0.717, 1.165) is 16.8 Å². The lowest BCUT2D eigenvalue weighted by Gasteiger charge is -2.17. The quantitative estimate of drug-likeness (QED) is 0.920. The molecule has 3 heteroatoms. The second-order valence-corrected chi connectivity index (χ2v) is 4.98. The molecule has 1 heterocycles. The summed E-state index contributed by atoms with van der Waals surface area (Å²) in [5.74, 6) is 0.948. The zero-order chi connectivity index (χ0) is 12.3. The number of nitrogens with one attached hydrogen (secondary N) is 1. The van der Waals surface area contributed by atoms with Crippen LogP contribution in [0.3, 0.4) is 0 Å². The minimum absolute atomic E-state index is 0.117. The third-order valence-electron chi connectivity index (χ3n) is 2.63. The highest BCUT2D eigenvalue weighted by Crippen LogP contribution is 2.26. The van der Waals surface area contributed by atoms with Gasteiger partial charge in [-0.15, -0.1) is 0 Å². The second kappa shape index (κ2) is 5.52. The predicted molar refractivity (Wildman–Crippen MR) is 73.1 cm³/mol. The first-order chi connectivity index (χ1) is 8.20. The van der Waals surface area contributed by atoms with E-state index < -0.39 is 0 Å². The molecule has 0 radical (unpaired) electrons. The number of aryl methyl sites for hydroxylation is 1. The van der Waals surface area contributed by atoms with Crippen molar-refractivity contribution in [3.63, 3.8) is 0 Å². The molecule has 0 bridgehead atoms. The van der Waals surface area contributed by atoms with E-state index in [1.54, 1.807) is 6.26 Å². The van der Waals surface area contributed by atoms with Crippen molar-refractivity contribution in [3.8, 4) is 0 Å². The Morgan fingerprint density at radius 2 is 2.18 bits per heavy atom. The smallest absolute Gasteiger partial charge is 0.125 e. The molecule has 0 amide bonds. The normalized spacial score (nSPS) is 12.6. The van der Waals surface area contributed by atoms with Crippen LogP contribution in [0.4, 0.5) is 0 Å². The molecule has 1 aromatic heterocycles. The number of furan rings is 1. The molecule has 0 fully saturated rings. The van der Waals surface area contributed by atoms with Crippen molar-refractivity contribution >= 4 is 15.9 Å².